The molecule has 1 N–H and O–H groups in total. The Balaban J connectivity index is 2.60. The molecule has 0 radical (unpaired) electrons. The molecular weight excluding hydrogens is 257 g/mol. The quantitative estimate of drug-likeness (QED) is 0.851. The molecule has 0 fully saturated rings. The molecule has 0 saturated heterocycles. The Labute approximate surface area is 101 Å². The van der Waals surface area contributed by atoms with Crippen LogP contribution in [0.2, 0.25) is 0 Å². The second-order valence-electron chi connectivity index (χ2n) is 3.27. The van der Waals surface area contributed by atoms with Crippen molar-refractivity contribution in [2.24, 2.45) is 0 Å². The predicted molar refractivity (Wildman–Crippen MR) is 57.8 cm³/mol. The molecule has 0 aliphatic rings. The number of nitrogens with zero attached hydrogens (tertiary/aromatic N) is 1. The Morgan fingerprint density at radius 2 is 2.12 bits per heavy atom. The predicted octanol–water partition coefficient (Wildman–Crippen LogP) is 3.06. The molecule has 1 heterocycles. The van der Waals surface area contributed by atoms with Crippen molar-refractivity contribution in [3.05, 3.63) is 24.0 Å². The molecule has 0 aliphatic carbocycles. The number of halogens is 4. The molecule has 1 rings (SSSR count). The van der Waals surface area contributed by atoms with E-state index in [4.69, 9.17) is 11.6 Å². The number of anilines is 1. The highest BCUT2D eigenvalue weighted by Gasteiger charge is 2.32. The van der Waals surface area contributed by atoms with Crippen molar-refractivity contribution in [1.82, 2.24) is 4.98 Å². The maximum absolute atomic E-state index is 12.2. The zero-order valence-corrected chi connectivity index (χ0v) is 9.48. The van der Waals surface area contributed by atoms with E-state index in [1.807, 2.05) is 0 Å². The molecule has 3 nitrogen and oxygen atoms in total. The number of carbonyl (C=O) groups is 1. The maximum atomic E-state index is 12.2. The van der Waals surface area contributed by atoms with Gasteiger partial charge in [0.15, 0.2) is 0 Å². The van der Waals surface area contributed by atoms with Gasteiger partial charge in [0.1, 0.15) is 5.69 Å². The molecule has 0 aromatic carbocycles. The number of nitrogens with one attached hydrogen (secondary N) is 1. The molecule has 94 valence electrons. The van der Waals surface area contributed by atoms with Crippen molar-refractivity contribution >= 4 is 23.2 Å². The molecule has 7 heteroatoms. The van der Waals surface area contributed by atoms with E-state index >= 15 is 0 Å². The van der Waals surface area contributed by atoms with Gasteiger partial charge in [-0.2, -0.15) is 13.2 Å². The van der Waals surface area contributed by atoms with Crippen LogP contribution in [0.4, 0.5) is 18.9 Å². The van der Waals surface area contributed by atoms with Gasteiger partial charge in [0.05, 0.1) is 11.9 Å². The Morgan fingerprint density at radius 3 is 2.59 bits per heavy atom. The lowest BCUT2D eigenvalue weighted by molar-refractivity contribution is -0.141. The third-order valence-corrected chi connectivity index (χ3v) is 2.14. The summed E-state index contributed by atoms with van der Waals surface area (Å²) >= 11 is 5.40. The SMILES string of the molecule is O=C(CCCCl)Nc1ccc(C(F)(F)F)nc1. The summed E-state index contributed by atoms with van der Waals surface area (Å²) in [6, 6.07) is 1.98. The van der Waals surface area contributed by atoms with E-state index < -0.39 is 11.9 Å². The van der Waals surface area contributed by atoms with Crippen LogP contribution in [0.1, 0.15) is 18.5 Å². The van der Waals surface area contributed by atoms with Crippen molar-refractivity contribution < 1.29 is 18.0 Å². The van der Waals surface area contributed by atoms with Crippen LogP contribution >= 0.6 is 11.6 Å². The molecule has 1 amide bonds. The third kappa shape index (κ3) is 4.60. The molecule has 0 saturated carbocycles. The summed E-state index contributed by atoms with van der Waals surface area (Å²) in [5, 5.41) is 2.43. The van der Waals surface area contributed by atoms with E-state index in [-0.39, 0.29) is 18.0 Å². The minimum absolute atomic E-state index is 0.227. The third-order valence-electron chi connectivity index (χ3n) is 1.88. The van der Waals surface area contributed by atoms with E-state index in [0.717, 1.165) is 18.3 Å². The second kappa shape index (κ2) is 5.86. The minimum Gasteiger partial charge on any atom is -0.325 e. The summed E-state index contributed by atoms with van der Waals surface area (Å²) in [5.74, 6) is 0.0609. The topological polar surface area (TPSA) is 42.0 Å². The van der Waals surface area contributed by atoms with E-state index in [9.17, 15) is 18.0 Å². The monoisotopic (exact) mass is 266 g/mol. The van der Waals surface area contributed by atoms with Crippen LogP contribution in [0.15, 0.2) is 18.3 Å². The minimum atomic E-state index is -4.47. The highest BCUT2D eigenvalue weighted by atomic mass is 35.5. The van der Waals surface area contributed by atoms with Crippen molar-refractivity contribution in [3.63, 3.8) is 0 Å². The van der Waals surface area contributed by atoms with Crippen molar-refractivity contribution in [2.75, 3.05) is 11.2 Å². The standard InChI is InChI=1S/C10H10ClF3N2O/c11-5-1-2-9(17)16-7-3-4-8(15-6-7)10(12,13)14/h3-4,6H,1-2,5H2,(H,16,17). The van der Waals surface area contributed by atoms with Gasteiger partial charge in [-0.3, -0.25) is 4.79 Å². The lowest BCUT2D eigenvalue weighted by Crippen LogP contribution is -2.13. The fourth-order valence-electron chi connectivity index (χ4n) is 1.09. The van der Waals surface area contributed by atoms with Gasteiger partial charge in [-0.05, 0) is 18.6 Å². The van der Waals surface area contributed by atoms with Crippen LogP contribution in [-0.4, -0.2) is 16.8 Å². The van der Waals surface area contributed by atoms with Crippen LogP contribution in [0.5, 0.6) is 0 Å². The summed E-state index contributed by atoms with van der Waals surface area (Å²) in [5.41, 5.74) is -0.756. The molecule has 0 spiro atoms. The fraction of sp³-hybridized carbons (Fsp3) is 0.400. The number of aromatic nitrogens is 1. The molecule has 1 aromatic heterocycles. The smallest absolute Gasteiger partial charge is 0.325 e. The van der Waals surface area contributed by atoms with E-state index in [1.54, 1.807) is 0 Å². The van der Waals surface area contributed by atoms with Gasteiger partial charge in [-0.1, -0.05) is 0 Å². The summed E-state index contributed by atoms with van der Waals surface area (Å²) < 4.78 is 36.6. The number of hydrogen-bond acceptors (Lipinski definition) is 2. The van der Waals surface area contributed by atoms with Crippen LogP contribution in [0.3, 0.4) is 0 Å². The van der Waals surface area contributed by atoms with Crippen LogP contribution < -0.4 is 5.32 Å². The lowest BCUT2D eigenvalue weighted by Gasteiger charge is -2.07. The van der Waals surface area contributed by atoms with Crippen LogP contribution in [0, 0.1) is 0 Å². The van der Waals surface area contributed by atoms with Gasteiger partial charge in [0.2, 0.25) is 5.91 Å². The highest BCUT2D eigenvalue weighted by Crippen LogP contribution is 2.27. The average Bonchev–Trinajstić information content (AvgIpc) is 2.26. The zero-order chi connectivity index (χ0) is 12.9. The maximum Gasteiger partial charge on any atom is 0.433 e. The second-order valence-corrected chi connectivity index (χ2v) is 3.65. The average molecular weight is 267 g/mol. The van der Waals surface area contributed by atoms with Gasteiger partial charge >= 0.3 is 6.18 Å². The molecule has 1 aromatic rings. The van der Waals surface area contributed by atoms with Crippen molar-refractivity contribution in [1.29, 1.82) is 0 Å². The van der Waals surface area contributed by atoms with E-state index in [1.165, 1.54) is 0 Å². The number of pyridine rings is 1. The van der Waals surface area contributed by atoms with Crippen molar-refractivity contribution in [3.8, 4) is 0 Å². The van der Waals surface area contributed by atoms with E-state index in [2.05, 4.69) is 10.3 Å². The summed E-state index contributed by atoms with van der Waals surface area (Å²) in [7, 11) is 0. The Kier molecular flexibility index (Phi) is 4.74. The normalized spacial score (nSPS) is 11.3. The Morgan fingerprint density at radius 1 is 1.41 bits per heavy atom. The van der Waals surface area contributed by atoms with Gasteiger partial charge < -0.3 is 5.32 Å². The number of alkyl halides is 4. The first-order valence-electron chi connectivity index (χ1n) is 4.82. The summed E-state index contributed by atoms with van der Waals surface area (Å²) in [6.07, 6.45) is -2.76. The van der Waals surface area contributed by atoms with Gasteiger partial charge in [-0.25, -0.2) is 4.98 Å². The largest absolute Gasteiger partial charge is 0.433 e. The Bertz CT molecular complexity index is 378. The van der Waals surface area contributed by atoms with Gasteiger partial charge in [-0.15, -0.1) is 11.6 Å². The number of carbonyl (C=O) groups excluding carboxylic acids is 1. The molecule has 0 aliphatic heterocycles. The molecule has 17 heavy (non-hydrogen) atoms. The van der Waals surface area contributed by atoms with Crippen LogP contribution in [-0.2, 0) is 11.0 Å². The number of rotatable bonds is 4. The van der Waals surface area contributed by atoms with Crippen molar-refractivity contribution in [2.45, 2.75) is 19.0 Å². The Hall–Kier alpha value is -1.30. The first-order chi connectivity index (χ1) is 7.93. The highest BCUT2D eigenvalue weighted by molar-refractivity contribution is 6.18. The molecule has 0 bridgehead atoms. The molecular formula is C10H10ClF3N2O. The zero-order valence-electron chi connectivity index (χ0n) is 8.72. The lowest BCUT2D eigenvalue weighted by atomic mass is 10.3. The summed E-state index contributed by atoms with van der Waals surface area (Å²) in [6.45, 7) is 0. The van der Waals surface area contributed by atoms with Gasteiger partial charge in [0.25, 0.3) is 0 Å². The molecule has 0 atom stereocenters. The molecule has 0 unspecified atom stereocenters. The first-order valence-corrected chi connectivity index (χ1v) is 5.36. The number of hydrogen-bond donors (Lipinski definition) is 1. The summed E-state index contributed by atoms with van der Waals surface area (Å²) in [4.78, 5) is 14.5. The fourth-order valence-corrected chi connectivity index (χ4v) is 1.22. The number of amides is 1. The van der Waals surface area contributed by atoms with Gasteiger partial charge in [0, 0.05) is 12.3 Å². The van der Waals surface area contributed by atoms with E-state index in [0.29, 0.717) is 12.3 Å². The van der Waals surface area contributed by atoms with Crippen LogP contribution in [0.25, 0.3) is 0 Å². The first kappa shape index (κ1) is 13.8.